The number of nitrogens with two attached hydrogens (primary N) is 1. The van der Waals surface area contributed by atoms with E-state index in [0.717, 1.165) is 5.56 Å². The molecule has 0 bridgehead atoms. The molecular formula is C17H26Cl2FN3O2. The average Bonchev–Trinajstić information content (AvgIpc) is 2.49. The first-order valence-corrected chi connectivity index (χ1v) is 8.18. The quantitative estimate of drug-likeness (QED) is 0.664. The zero-order valence-electron chi connectivity index (χ0n) is 14.9. The van der Waals surface area contributed by atoms with Gasteiger partial charge in [0.15, 0.2) is 0 Å². The summed E-state index contributed by atoms with van der Waals surface area (Å²) in [5, 5.41) is 5.56. The van der Waals surface area contributed by atoms with Crippen molar-refractivity contribution in [2.75, 3.05) is 13.1 Å². The predicted molar refractivity (Wildman–Crippen MR) is 101 cm³/mol. The molecular weight excluding hydrogens is 368 g/mol. The molecule has 1 aromatic rings. The Morgan fingerprint density at radius 1 is 1.28 bits per heavy atom. The fraction of sp³-hybridized carbons (Fsp3) is 0.529. The first-order chi connectivity index (χ1) is 11.0. The Hall–Kier alpha value is -1.37. The van der Waals surface area contributed by atoms with Crippen LogP contribution in [-0.2, 0) is 15.0 Å². The summed E-state index contributed by atoms with van der Waals surface area (Å²) in [5.41, 5.74) is 5.95. The topological polar surface area (TPSA) is 84.2 Å². The number of amides is 2. The lowest BCUT2D eigenvalue weighted by atomic mass is 9.84. The highest BCUT2D eigenvalue weighted by Gasteiger charge is 2.24. The highest BCUT2D eigenvalue weighted by Crippen LogP contribution is 2.29. The summed E-state index contributed by atoms with van der Waals surface area (Å²) in [6.45, 7) is 7.59. The minimum Gasteiger partial charge on any atom is -0.354 e. The van der Waals surface area contributed by atoms with Crippen molar-refractivity contribution >= 4 is 35.8 Å². The molecule has 4 N–H and O–H groups in total. The van der Waals surface area contributed by atoms with Crippen LogP contribution < -0.4 is 16.4 Å². The Labute approximate surface area is 159 Å². The third-order valence-electron chi connectivity index (χ3n) is 3.83. The molecule has 1 rings (SSSR count). The van der Waals surface area contributed by atoms with Crippen LogP contribution in [0, 0.1) is 11.7 Å². The average molecular weight is 394 g/mol. The summed E-state index contributed by atoms with van der Waals surface area (Å²) in [6.07, 6.45) is 0. The van der Waals surface area contributed by atoms with Crippen LogP contribution in [0.15, 0.2) is 18.2 Å². The molecule has 25 heavy (non-hydrogen) atoms. The van der Waals surface area contributed by atoms with Gasteiger partial charge in [-0.2, -0.15) is 0 Å². The number of halogens is 3. The highest BCUT2D eigenvalue weighted by molar-refractivity contribution is 6.31. The summed E-state index contributed by atoms with van der Waals surface area (Å²) in [5.74, 6) is -1.10. The van der Waals surface area contributed by atoms with E-state index in [2.05, 4.69) is 10.6 Å². The lowest BCUT2D eigenvalue weighted by Crippen LogP contribution is -2.48. The van der Waals surface area contributed by atoms with Gasteiger partial charge in [-0.3, -0.25) is 9.59 Å². The predicted octanol–water partition coefficient (Wildman–Crippen LogP) is 2.39. The molecule has 0 spiro atoms. The standard InChI is InChI=1S/C17H25ClFN3O2.ClH/c1-10(2)15(20)16(24)21-8-14(23)22-9-17(3,4)12-6-5-11(19)7-13(12)18;/h5-7,10,15H,8-9,20H2,1-4H3,(H,21,24)(H,22,23);1H/t15-;/m0./s1. The molecule has 0 heterocycles. The van der Waals surface area contributed by atoms with Crippen molar-refractivity contribution in [3.8, 4) is 0 Å². The maximum Gasteiger partial charge on any atom is 0.239 e. The van der Waals surface area contributed by atoms with Gasteiger partial charge in [-0.25, -0.2) is 4.39 Å². The van der Waals surface area contributed by atoms with Gasteiger partial charge < -0.3 is 16.4 Å². The van der Waals surface area contributed by atoms with Crippen molar-refractivity contribution < 1.29 is 14.0 Å². The van der Waals surface area contributed by atoms with Gasteiger partial charge in [0, 0.05) is 17.0 Å². The van der Waals surface area contributed by atoms with E-state index in [9.17, 15) is 14.0 Å². The van der Waals surface area contributed by atoms with Crippen molar-refractivity contribution in [2.24, 2.45) is 11.7 Å². The van der Waals surface area contributed by atoms with Gasteiger partial charge in [-0.1, -0.05) is 45.4 Å². The molecule has 0 unspecified atom stereocenters. The molecule has 2 amide bonds. The number of benzene rings is 1. The third kappa shape index (κ3) is 7.18. The van der Waals surface area contributed by atoms with Crippen LogP contribution in [-0.4, -0.2) is 30.9 Å². The van der Waals surface area contributed by atoms with Gasteiger partial charge in [0.2, 0.25) is 11.8 Å². The summed E-state index contributed by atoms with van der Waals surface area (Å²) >= 11 is 6.07. The summed E-state index contributed by atoms with van der Waals surface area (Å²) < 4.78 is 13.1. The number of carbonyl (C=O) groups is 2. The van der Waals surface area contributed by atoms with E-state index in [1.807, 2.05) is 27.7 Å². The van der Waals surface area contributed by atoms with Crippen molar-refractivity contribution in [1.29, 1.82) is 0 Å². The van der Waals surface area contributed by atoms with E-state index in [4.69, 9.17) is 17.3 Å². The number of hydrogen-bond acceptors (Lipinski definition) is 3. The van der Waals surface area contributed by atoms with Crippen molar-refractivity contribution in [3.05, 3.63) is 34.6 Å². The van der Waals surface area contributed by atoms with E-state index in [1.165, 1.54) is 12.1 Å². The Bertz CT molecular complexity index is 610. The number of nitrogens with one attached hydrogen (secondary N) is 2. The smallest absolute Gasteiger partial charge is 0.239 e. The van der Waals surface area contributed by atoms with Crippen molar-refractivity contribution in [3.63, 3.8) is 0 Å². The Morgan fingerprint density at radius 2 is 1.88 bits per heavy atom. The van der Waals surface area contributed by atoms with Gasteiger partial charge in [-0.15, -0.1) is 12.4 Å². The summed E-state index contributed by atoms with van der Waals surface area (Å²) in [6, 6.07) is 3.53. The lowest BCUT2D eigenvalue weighted by molar-refractivity contribution is -0.127. The Balaban J connectivity index is 0.00000576. The zero-order chi connectivity index (χ0) is 18.5. The maximum absolute atomic E-state index is 13.1. The van der Waals surface area contributed by atoms with E-state index in [0.29, 0.717) is 11.6 Å². The normalized spacial score (nSPS) is 12.3. The molecule has 0 saturated carbocycles. The van der Waals surface area contributed by atoms with Gasteiger partial charge >= 0.3 is 0 Å². The Kier molecular flexibility index (Phi) is 9.40. The molecule has 142 valence electrons. The van der Waals surface area contributed by atoms with Gasteiger partial charge in [-0.05, 0) is 23.6 Å². The SMILES string of the molecule is CC(C)[C@H](N)C(=O)NCC(=O)NCC(C)(C)c1ccc(F)cc1Cl.Cl. The molecule has 1 aromatic carbocycles. The van der Waals surface area contributed by atoms with Crippen LogP contribution in [0.1, 0.15) is 33.3 Å². The van der Waals surface area contributed by atoms with E-state index in [-0.39, 0.29) is 36.7 Å². The van der Waals surface area contributed by atoms with Gasteiger partial charge in [0.05, 0.1) is 12.6 Å². The highest BCUT2D eigenvalue weighted by atomic mass is 35.5. The molecule has 5 nitrogen and oxygen atoms in total. The van der Waals surface area contributed by atoms with Crippen molar-refractivity contribution in [2.45, 2.75) is 39.2 Å². The molecule has 0 saturated heterocycles. The first-order valence-electron chi connectivity index (χ1n) is 7.80. The zero-order valence-corrected chi connectivity index (χ0v) is 16.4. The minimum absolute atomic E-state index is 0. The number of rotatable bonds is 7. The molecule has 0 aliphatic carbocycles. The second-order valence-corrected chi connectivity index (χ2v) is 7.18. The van der Waals surface area contributed by atoms with E-state index < -0.39 is 17.3 Å². The monoisotopic (exact) mass is 393 g/mol. The van der Waals surface area contributed by atoms with Crippen molar-refractivity contribution in [1.82, 2.24) is 10.6 Å². The molecule has 0 fully saturated rings. The number of carbonyl (C=O) groups excluding carboxylic acids is 2. The molecule has 8 heteroatoms. The van der Waals surface area contributed by atoms with Gasteiger partial charge in [0.1, 0.15) is 5.82 Å². The van der Waals surface area contributed by atoms with Crippen LogP contribution >= 0.6 is 24.0 Å². The summed E-state index contributed by atoms with van der Waals surface area (Å²) in [4.78, 5) is 23.6. The van der Waals surface area contributed by atoms with E-state index >= 15 is 0 Å². The van der Waals surface area contributed by atoms with E-state index in [1.54, 1.807) is 6.07 Å². The fourth-order valence-corrected chi connectivity index (χ4v) is 2.53. The minimum atomic E-state index is -0.646. The van der Waals surface area contributed by atoms with Crippen LogP contribution in [0.5, 0.6) is 0 Å². The van der Waals surface area contributed by atoms with Crippen LogP contribution in [0.4, 0.5) is 4.39 Å². The molecule has 1 atom stereocenters. The number of hydrogen-bond donors (Lipinski definition) is 3. The maximum atomic E-state index is 13.1. The van der Waals surface area contributed by atoms with Crippen LogP contribution in [0.2, 0.25) is 5.02 Å². The molecule has 0 aromatic heterocycles. The molecule has 0 aliphatic rings. The lowest BCUT2D eigenvalue weighted by Gasteiger charge is -2.27. The summed E-state index contributed by atoms with van der Waals surface area (Å²) in [7, 11) is 0. The van der Waals surface area contributed by atoms with Crippen LogP contribution in [0.3, 0.4) is 0 Å². The molecule has 0 aliphatic heterocycles. The largest absolute Gasteiger partial charge is 0.354 e. The fourth-order valence-electron chi connectivity index (χ4n) is 2.10. The van der Waals surface area contributed by atoms with Gasteiger partial charge in [0.25, 0.3) is 0 Å². The Morgan fingerprint density at radius 3 is 2.40 bits per heavy atom. The molecule has 0 radical (unpaired) electrons. The second-order valence-electron chi connectivity index (χ2n) is 6.77. The third-order valence-corrected chi connectivity index (χ3v) is 4.14. The van der Waals surface area contributed by atoms with Crippen LogP contribution in [0.25, 0.3) is 0 Å². The first kappa shape index (κ1) is 23.6. The second kappa shape index (κ2) is 9.94.